The maximum atomic E-state index is 9.00. The van der Waals surface area contributed by atoms with Gasteiger partial charge in [-0.3, -0.25) is 4.79 Å². The minimum absolute atomic E-state index is 0.219. The van der Waals surface area contributed by atoms with E-state index in [1.165, 1.54) is 0 Å². The molecule has 0 fully saturated rings. The van der Waals surface area contributed by atoms with Crippen LogP contribution >= 0.6 is 0 Å². The SMILES string of the molecule is CC(=O)O.CN(C)C.NCCCO. The molecule has 0 aromatic carbocycles. The molecule has 0 heterocycles. The number of rotatable bonds is 2. The van der Waals surface area contributed by atoms with Crippen molar-refractivity contribution in [2.45, 2.75) is 13.3 Å². The number of aliphatic hydroxyl groups is 1. The molecule has 0 atom stereocenters. The lowest BCUT2D eigenvalue weighted by Gasteiger charge is -1.90. The number of carboxylic acid groups (broad SMARTS) is 1. The molecule has 0 aromatic rings. The van der Waals surface area contributed by atoms with E-state index in [9.17, 15) is 0 Å². The highest BCUT2D eigenvalue weighted by Gasteiger charge is 1.69. The average molecular weight is 194 g/mol. The summed E-state index contributed by atoms with van der Waals surface area (Å²) in [5, 5.41) is 15.4. The minimum Gasteiger partial charge on any atom is -0.481 e. The molecule has 5 nitrogen and oxygen atoms in total. The molecule has 0 amide bonds. The Balaban J connectivity index is -0.000000117. The van der Waals surface area contributed by atoms with Gasteiger partial charge in [-0.15, -0.1) is 0 Å². The monoisotopic (exact) mass is 194 g/mol. The van der Waals surface area contributed by atoms with E-state index in [0.717, 1.165) is 13.3 Å². The summed E-state index contributed by atoms with van der Waals surface area (Å²) in [6.45, 7) is 1.90. The van der Waals surface area contributed by atoms with Gasteiger partial charge in [-0.2, -0.15) is 0 Å². The van der Waals surface area contributed by atoms with Gasteiger partial charge in [-0.05, 0) is 34.1 Å². The molecule has 13 heavy (non-hydrogen) atoms. The van der Waals surface area contributed by atoms with Crippen LogP contribution in [0.3, 0.4) is 0 Å². The first kappa shape index (κ1) is 18.2. The summed E-state index contributed by atoms with van der Waals surface area (Å²) >= 11 is 0. The van der Waals surface area contributed by atoms with Crippen LogP contribution < -0.4 is 5.73 Å². The van der Waals surface area contributed by atoms with E-state index in [1.54, 1.807) is 0 Å². The van der Waals surface area contributed by atoms with Crippen molar-refractivity contribution in [3.63, 3.8) is 0 Å². The van der Waals surface area contributed by atoms with Gasteiger partial charge < -0.3 is 20.8 Å². The summed E-state index contributed by atoms with van der Waals surface area (Å²) in [6.07, 6.45) is 0.722. The second-order valence-corrected chi connectivity index (χ2v) is 2.73. The molecule has 0 rings (SSSR count). The summed E-state index contributed by atoms with van der Waals surface area (Å²) < 4.78 is 0. The number of hydrogen-bond donors (Lipinski definition) is 3. The zero-order valence-corrected chi connectivity index (χ0v) is 8.95. The fourth-order valence-corrected chi connectivity index (χ4v) is 0.0913. The summed E-state index contributed by atoms with van der Waals surface area (Å²) in [5.41, 5.74) is 4.98. The Morgan fingerprint density at radius 2 is 1.62 bits per heavy atom. The number of aliphatic carboxylic acids is 1. The molecule has 0 saturated carbocycles. The number of hydrogen-bond acceptors (Lipinski definition) is 4. The van der Waals surface area contributed by atoms with E-state index in [4.69, 9.17) is 20.7 Å². The van der Waals surface area contributed by atoms with Crippen molar-refractivity contribution in [1.29, 1.82) is 0 Å². The predicted molar refractivity (Wildman–Crippen MR) is 53.7 cm³/mol. The van der Waals surface area contributed by atoms with Crippen LogP contribution in [0.4, 0.5) is 0 Å². The molecule has 82 valence electrons. The molecule has 0 aliphatic carbocycles. The first-order valence-electron chi connectivity index (χ1n) is 3.99. The fraction of sp³-hybridized carbons (Fsp3) is 0.875. The highest BCUT2D eigenvalue weighted by molar-refractivity contribution is 5.62. The van der Waals surface area contributed by atoms with Crippen LogP contribution in [0, 0.1) is 0 Å². The first-order chi connectivity index (χ1) is 5.88. The molecule has 0 aliphatic rings. The number of carboxylic acids is 1. The number of nitrogens with zero attached hydrogens (tertiary/aromatic N) is 1. The van der Waals surface area contributed by atoms with E-state index in [0.29, 0.717) is 6.54 Å². The lowest BCUT2D eigenvalue weighted by molar-refractivity contribution is -0.134. The third kappa shape index (κ3) is 544. The Bertz CT molecular complexity index is 88.6. The van der Waals surface area contributed by atoms with E-state index in [-0.39, 0.29) is 6.61 Å². The summed E-state index contributed by atoms with van der Waals surface area (Å²) in [6, 6.07) is 0. The normalized spacial score (nSPS) is 7.92. The topological polar surface area (TPSA) is 86.8 Å². The van der Waals surface area contributed by atoms with E-state index in [1.807, 2.05) is 26.0 Å². The van der Waals surface area contributed by atoms with Crippen LogP contribution in [-0.2, 0) is 4.79 Å². The van der Waals surface area contributed by atoms with Crippen LogP contribution in [-0.4, -0.2) is 55.4 Å². The third-order valence-corrected chi connectivity index (χ3v) is 0.362. The van der Waals surface area contributed by atoms with Crippen molar-refractivity contribution in [2.24, 2.45) is 5.73 Å². The molecule has 0 radical (unpaired) electrons. The number of nitrogens with two attached hydrogens (primary N) is 1. The van der Waals surface area contributed by atoms with Gasteiger partial charge in [0, 0.05) is 13.5 Å². The molecule has 5 heteroatoms. The average Bonchev–Trinajstić information content (AvgIpc) is 1.86. The molecule has 0 aromatic heterocycles. The van der Waals surface area contributed by atoms with Crippen molar-refractivity contribution in [2.75, 3.05) is 34.3 Å². The van der Waals surface area contributed by atoms with Crippen LogP contribution in [0.5, 0.6) is 0 Å². The number of carbonyl (C=O) groups is 1. The molecule has 0 bridgehead atoms. The molecule has 4 N–H and O–H groups in total. The molecule has 0 spiro atoms. The van der Waals surface area contributed by atoms with E-state index < -0.39 is 5.97 Å². The van der Waals surface area contributed by atoms with Gasteiger partial charge >= 0.3 is 0 Å². The van der Waals surface area contributed by atoms with Crippen molar-refractivity contribution in [3.05, 3.63) is 0 Å². The molecular weight excluding hydrogens is 172 g/mol. The van der Waals surface area contributed by atoms with Crippen molar-refractivity contribution in [3.8, 4) is 0 Å². The lowest BCUT2D eigenvalue weighted by atomic mass is 10.5. The standard InChI is InChI=1S/C3H9NO.C3H9N.C2H4O2/c4-2-1-3-5;1-4(2)3;1-2(3)4/h5H,1-4H2;1-3H3;1H3,(H,3,4). The van der Waals surface area contributed by atoms with Gasteiger partial charge in [0.1, 0.15) is 0 Å². The predicted octanol–water partition coefficient (Wildman–Crippen LogP) is -0.404. The maximum absolute atomic E-state index is 9.00. The van der Waals surface area contributed by atoms with Gasteiger partial charge in [0.05, 0.1) is 0 Å². The fourth-order valence-electron chi connectivity index (χ4n) is 0.0913. The smallest absolute Gasteiger partial charge is 0.300 e. The van der Waals surface area contributed by atoms with Gasteiger partial charge in [0.15, 0.2) is 0 Å². The summed E-state index contributed by atoms with van der Waals surface area (Å²) in [4.78, 5) is 11.0. The Hall–Kier alpha value is -0.650. The van der Waals surface area contributed by atoms with Crippen LogP contribution in [0.15, 0.2) is 0 Å². The Kier molecular flexibility index (Phi) is 24.4. The Labute approximate surface area is 80.2 Å². The van der Waals surface area contributed by atoms with Gasteiger partial charge in [0.25, 0.3) is 5.97 Å². The Morgan fingerprint density at radius 1 is 1.38 bits per heavy atom. The molecular formula is C8H22N2O3. The van der Waals surface area contributed by atoms with Crippen molar-refractivity contribution < 1.29 is 15.0 Å². The van der Waals surface area contributed by atoms with Crippen molar-refractivity contribution in [1.82, 2.24) is 4.90 Å². The second kappa shape index (κ2) is 17.4. The third-order valence-electron chi connectivity index (χ3n) is 0.362. The largest absolute Gasteiger partial charge is 0.481 e. The molecule has 0 unspecified atom stereocenters. The minimum atomic E-state index is -0.833. The highest BCUT2D eigenvalue weighted by atomic mass is 16.4. The zero-order chi connectivity index (χ0) is 11.3. The first-order valence-corrected chi connectivity index (χ1v) is 3.99. The van der Waals surface area contributed by atoms with Gasteiger partial charge in [0.2, 0.25) is 0 Å². The van der Waals surface area contributed by atoms with Crippen LogP contribution in [0.1, 0.15) is 13.3 Å². The van der Waals surface area contributed by atoms with Crippen LogP contribution in [0.25, 0.3) is 0 Å². The van der Waals surface area contributed by atoms with Crippen LogP contribution in [0.2, 0.25) is 0 Å². The molecule has 0 aliphatic heterocycles. The summed E-state index contributed by atoms with van der Waals surface area (Å²) in [5.74, 6) is -0.833. The van der Waals surface area contributed by atoms with Gasteiger partial charge in [-0.25, -0.2) is 0 Å². The van der Waals surface area contributed by atoms with Gasteiger partial charge in [-0.1, -0.05) is 0 Å². The zero-order valence-electron chi connectivity index (χ0n) is 8.95. The quantitative estimate of drug-likeness (QED) is 0.556. The maximum Gasteiger partial charge on any atom is 0.300 e. The molecule has 0 saturated heterocycles. The number of aliphatic hydroxyl groups excluding tert-OH is 1. The Morgan fingerprint density at radius 3 is 1.62 bits per heavy atom. The van der Waals surface area contributed by atoms with E-state index >= 15 is 0 Å². The second-order valence-electron chi connectivity index (χ2n) is 2.73. The lowest BCUT2D eigenvalue weighted by Crippen LogP contribution is -1.99. The van der Waals surface area contributed by atoms with E-state index in [2.05, 4.69) is 0 Å². The summed E-state index contributed by atoms with van der Waals surface area (Å²) in [7, 11) is 6.00. The van der Waals surface area contributed by atoms with Crippen molar-refractivity contribution >= 4 is 5.97 Å². The highest BCUT2D eigenvalue weighted by Crippen LogP contribution is 1.62.